The Balaban J connectivity index is 3.26. The molecule has 0 heterocycles. The van der Waals surface area contributed by atoms with E-state index in [9.17, 15) is 17.6 Å². The van der Waals surface area contributed by atoms with Gasteiger partial charge in [0.15, 0.2) is 5.82 Å². The van der Waals surface area contributed by atoms with Gasteiger partial charge in [0.05, 0.1) is 10.6 Å². The molecule has 12 heavy (non-hydrogen) atoms. The number of hydrogen-bond donors (Lipinski definition) is 0. The molecule has 0 unspecified atom stereocenters. The molecule has 65 valence electrons. The lowest BCUT2D eigenvalue weighted by molar-refractivity contribution is -0.140. The summed E-state index contributed by atoms with van der Waals surface area (Å²) in [7, 11) is 0. The highest BCUT2D eigenvalue weighted by Crippen LogP contribution is 2.33. The first-order chi connectivity index (χ1) is 5.43. The number of hydrogen-bond acceptors (Lipinski definition) is 0. The smallest absolute Gasteiger partial charge is 0.205 e. The van der Waals surface area contributed by atoms with Crippen LogP contribution in [0.4, 0.5) is 17.6 Å². The molecular formula is C7H2ClF4. The molecule has 1 radical (unpaired) electrons. The first kappa shape index (κ1) is 9.32. The molecule has 5 heteroatoms. The van der Waals surface area contributed by atoms with Crippen LogP contribution in [0.3, 0.4) is 0 Å². The molecule has 0 spiro atoms. The molecule has 0 N–H and O–H groups in total. The topological polar surface area (TPSA) is 0 Å². The first-order valence-electron chi connectivity index (χ1n) is 2.85. The molecule has 0 fully saturated rings. The van der Waals surface area contributed by atoms with Crippen LogP contribution >= 0.6 is 11.6 Å². The van der Waals surface area contributed by atoms with Gasteiger partial charge in [0.2, 0.25) is 0 Å². The summed E-state index contributed by atoms with van der Waals surface area (Å²) >= 11 is 5.11. The van der Waals surface area contributed by atoms with E-state index in [-0.39, 0.29) is 0 Å². The van der Waals surface area contributed by atoms with Crippen molar-refractivity contribution in [1.29, 1.82) is 0 Å². The Labute approximate surface area is 70.8 Å². The molecule has 0 saturated carbocycles. The zero-order valence-electron chi connectivity index (χ0n) is 5.54. The van der Waals surface area contributed by atoms with Crippen LogP contribution in [0.25, 0.3) is 0 Å². The predicted octanol–water partition coefficient (Wildman–Crippen LogP) is 3.30. The van der Waals surface area contributed by atoms with Gasteiger partial charge in [-0.3, -0.25) is 0 Å². The summed E-state index contributed by atoms with van der Waals surface area (Å²) < 4.78 is 48.4. The molecule has 0 aromatic heterocycles. The molecule has 0 atom stereocenters. The van der Waals surface area contributed by atoms with Gasteiger partial charge < -0.3 is 0 Å². The van der Waals surface area contributed by atoms with Crippen molar-refractivity contribution in [2.75, 3.05) is 0 Å². The van der Waals surface area contributed by atoms with Crippen LogP contribution in [0.1, 0.15) is 5.56 Å². The van der Waals surface area contributed by atoms with Crippen LogP contribution in [-0.4, -0.2) is 0 Å². The Morgan fingerprint density at radius 1 is 1.25 bits per heavy atom. The largest absolute Gasteiger partial charge is 0.419 e. The molecule has 1 aromatic carbocycles. The number of alkyl halides is 3. The van der Waals surface area contributed by atoms with E-state index in [1.807, 2.05) is 0 Å². The van der Waals surface area contributed by atoms with E-state index in [0.29, 0.717) is 6.07 Å². The first-order valence-corrected chi connectivity index (χ1v) is 3.23. The lowest BCUT2D eigenvalue weighted by Gasteiger charge is -2.07. The third kappa shape index (κ3) is 1.69. The van der Waals surface area contributed by atoms with Gasteiger partial charge in [0.1, 0.15) is 0 Å². The van der Waals surface area contributed by atoms with Crippen molar-refractivity contribution in [3.63, 3.8) is 0 Å². The normalized spacial score (nSPS) is 11.8. The Morgan fingerprint density at radius 3 is 2.25 bits per heavy atom. The maximum Gasteiger partial charge on any atom is 0.419 e. The second kappa shape index (κ2) is 2.94. The minimum atomic E-state index is -4.72. The summed E-state index contributed by atoms with van der Waals surface area (Å²) in [5, 5.41) is -0.579. The average Bonchev–Trinajstić information content (AvgIpc) is 1.92. The van der Waals surface area contributed by atoms with E-state index in [0.717, 1.165) is 6.07 Å². The molecule has 0 aliphatic heterocycles. The van der Waals surface area contributed by atoms with Crippen molar-refractivity contribution in [3.05, 3.63) is 34.6 Å². The van der Waals surface area contributed by atoms with Crippen molar-refractivity contribution in [1.82, 2.24) is 0 Å². The summed E-state index contributed by atoms with van der Waals surface area (Å²) in [4.78, 5) is 0. The van der Waals surface area contributed by atoms with Gasteiger partial charge in [0, 0.05) is 0 Å². The highest BCUT2D eigenvalue weighted by molar-refractivity contribution is 6.30. The van der Waals surface area contributed by atoms with Gasteiger partial charge >= 0.3 is 6.18 Å². The highest BCUT2D eigenvalue weighted by Gasteiger charge is 2.34. The summed E-state index contributed by atoms with van der Waals surface area (Å²) in [6, 6.07) is 3.54. The average molecular weight is 198 g/mol. The van der Waals surface area contributed by atoms with E-state index in [1.54, 1.807) is 0 Å². The van der Waals surface area contributed by atoms with Crippen LogP contribution in [-0.2, 0) is 6.18 Å². The Hall–Kier alpha value is -0.770. The minimum Gasteiger partial charge on any atom is -0.205 e. The van der Waals surface area contributed by atoms with E-state index in [1.165, 1.54) is 0 Å². The van der Waals surface area contributed by atoms with Crippen LogP contribution in [0.5, 0.6) is 0 Å². The third-order valence-corrected chi connectivity index (χ3v) is 1.46. The van der Waals surface area contributed by atoms with Gasteiger partial charge in [-0.1, -0.05) is 11.6 Å². The standard InChI is InChI=1S/C7H2ClF4/c8-5-3-1-2-4(6(5)9)7(10,11)12/h2-3H. The number of benzene rings is 1. The maximum atomic E-state index is 12.6. The Kier molecular flexibility index (Phi) is 2.28. The molecule has 0 aliphatic carbocycles. The molecule has 1 aromatic rings. The Morgan fingerprint density at radius 2 is 1.83 bits per heavy atom. The fourth-order valence-electron chi connectivity index (χ4n) is 0.660. The van der Waals surface area contributed by atoms with Crippen LogP contribution in [0.15, 0.2) is 12.1 Å². The van der Waals surface area contributed by atoms with Crippen molar-refractivity contribution in [2.45, 2.75) is 6.18 Å². The van der Waals surface area contributed by atoms with Gasteiger partial charge in [0.25, 0.3) is 0 Å². The summed E-state index contributed by atoms with van der Waals surface area (Å²) in [6.45, 7) is 0. The number of halogens is 5. The summed E-state index contributed by atoms with van der Waals surface area (Å²) in [5.74, 6) is -1.46. The molecule has 0 bridgehead atoms. The lowest BCUT2D eigenvalue weighted by Crippen LogP contribution is -2.07. The second-order valence-electron chi connectivity index (χ2n) is 2.03. The molecule has 0 aliphatic rings. The van der Waals surface area contributed by atoms with Crippen molar-refractivity contribution in [3.8, 4) is 0 Å². The zero-order chi connectivity index (χ0) is 9.35. The van der Waals surface area contributed by atoms with Gasteiger partial charge in [-0.2, -0.15) is 13.2 Å². The fourth-order valence-corrected chi connectivity index (χ4v) is 0.825. The number of rotatable bonds is 0. The van der Waals surface area contributed by atoms with Crippen molar-refractivity contribution >= 4 is 11.6 Å². The van der Waals surface area contributed by atoms with Crippen LogP contribution in [0, 0.1) is 11.9 Å². The van der Waals surface area contributed by atoms with E-state index in [4.69, 9.17) is 11.6 Å². The van der Waals surface area contributed by atoms with Crippen LogP contribution in [0.2, 0.25) is 5.02 Å². The highest BCUT2D eigenvalue weighted by atomic mass is 35.5. The fraction of sp³-hybridized carbons (Fsp3) is 0.143. The predicted molar refractivity (Wildman–Crippen MR) is 35.2 cm³/mol. The zero-order valence-corrected chi connectivity index (χ0v) is 6.30. The van der Waals surface area contributed by atoms with Gasteiger partial charge in [-0.05, 0) is 18.2 Å². The van der Waals surface area contributed by atoms with Gasteiger partial charge in [-0.15, -0.1) is 0 Å². The molecule has 0 saturated heterocycles. The Bertz CT molecular complexity index is 292. The van der Waals surface area contributed by atoms with Crippen molar-refractivity contribution < 1.29 is 17.6 Å². The van der Waals surface area contributed by atoms with E-state index in [2.05, 4.69) is 6.07 Å². The van der Waals surface area contributed by atoms with Crippen molar-refractivity contribution in [2.24, 2.45) is 0 Å². The van der Waals surface area contributed by atoms with Gasteiger partial charge in [-0.25, -0.2) is 4.39 Å². The third-order valence-electron chi connectivity index (χ3n) is 1.19. The van der Waals surface area contributed by atoms with E-state index < -0.39 is 22.6 Å². The monoisotopic (exact) mass is 197 g/mol. The van der Waals surface area contributed by atoms with E-state index >= 15 is 0 Å². The molecule has 1 rings (SSSR count). The maximum absolute atomic E-state index is 12.6. The minimum absolute atomic E-state index is 0.515. The quantitative estimate of drug-likeness (QED) is 0.560. The molecule has 0 amide bonds. The molecular weight excluding hydrogens is 196 g/mol. The molecule has 0 nitrogen and oxygen atoms in total. The van der Waals surface area contributed by atoms with Crippen LogP contribution < -0.4 is 0 Å². The summed E-state index contributed by atoms with van der Waals surface area (Å²) in [5.41, 5.74) is -1.39. The SMILES string of the molecule is Fc1c(Cl)c[c]cc1C(F)(F)F. The summed E-state index contributed by atoms with van der Waals surface area (Å²) in [6.07, 6.45) is -4.72. The second-order valence-corrected chi connectivity index (χ2v) is 2.44. The lowest BCUT2D eigenvalue weighted by atomic mass is 10.2.